The van der Waals surface area contributed by atoms with E-state index in [0.717, 1.165) is 16.9 Å². The summed E-state index contributed by atoms with van der Waals surface area (Å²) in [7, 11) is 0. The quantitative estimate of drug-likeness (QED) is 0.469. The first-order valence-electron chi connectivity index (χ1n) is 10.9. The lowest BCUT2D eigenvalue weighted by molar-refractivity contribution is 0.00628. The Morgan fingerprint density at radius 1 is 0.906 bits per heavy atom. The molecule has 7 nitrogen and oxygen atoms in total. The average Bonchev–Trinajstić information content (AvgIpc) is 2.76. The van der Waals surface area contributed by atoms with Gasteiger partial charge in [-0.15, -0.1) is 0 Å². The highest BCUT2D eigenvalue weighted by atomic mass is 16.6. The van der Waals surface area contributed by atoms with Crippen LogP contribution in [0.25, 0.3) is 0 Å². The van der Waals surface area contributed by atoms with Crippen molar-refractivity contribution in [1.29, 1.82) is 0 Å². The summed E-state index contributed by atoms with van der Waals surface area (Å²) in [4.78, 5) is 14.3. The zero-order chi connectivity index (χ0) is 23.2. The molecule has 0 fully saturated rings. The van der Waals surface area contributed by atoms with Crippen molar-refractivity contribution in [3.05, 3.63) is 65.7 Å². The number of rotatable bonds is 13. The molecule has 2 rings (SSSR count). The number of nitrogens with zero attached hydrogens (tertiary/aromatic N) is 1. The van der Waals surface area contributed by atoms with E-state index in [0.29, 0.717) is 39.5 Å². The van der Waals surface area contributed by atoms with E-state index in [-0.39, 0.29) is 13.2 Å². The largest absolute Gasteiger partial charge is 0.489 e. The highest BCUT2D eigenvalue weighted by Crippen LogP contribution is 2.18. The number of hydrogen-bond donors (Lipinski definition) is 1. The topological polar surface area (TPSA) is 77.5 Å². The van der Waals surface area contributed by atoms with Crippen molar-refractivity contribution in [2.45, 2.75) is 39.5 Å². The van der Waals surface area contributed by atoms with Gasteiger partial charge in [-0.25, -0.2) is 4.79 Å². The summed E-state index contributed by atoms with van der Waals surface area (Å²) in [6, 6.07) is 17.7. The number of ether oxygens (including phenoxy) is 4. The van der Waals surface area contributed by atoms with Crippen molar-refractivity contribution in [2.24, 2.45) is 0 Å². The van der Waals surface area contributed by atoms with Crippen molar-refractivity contribution < 1.29 is 28.8 Å². The van der Waals surface area contributed by atoms with Crippen molar-refractivity contribution in [3.63, 3.8) is 0 Å². The van der Waals surface area contributed by atoms with E-state index in [9.17, 15) is 4.79 Å². The van der Waals surface area contributed by atoms with Crippen LogP contribution in [-0.4, -0.2) is 61.3 Å². The SMILES string of the molecule is CC(C)(C)OC(=O)N(CCOCCOCCO)Cc1cccc(OCc2ccccc2)c1. The normalized spacial score (nSPS) is 11.2. The molecule has 1 N–H and O–H groups in total. The van der Waals surface area contributed by atoms with E-state index in [2.05, 4.69) is 0 Å². The summed E-state index contributed by atoms with van der Waals surface area (Å²) in [6.45, 7) is 8.18. The smallest absolute Gasteiger partial charge is 0.410 e. The maximum absolute atomic E-state index is 12.7. The van der Waals surface area contributed by atoms with Gasteiger partial charge in [0.15, 0.2) is 0 Å². The second-order valence-corrected chi connectivity index (χ2v) is 8.27. The summed E-state index contributed by atoms with van der Waals surface area (Å²) in [5, 5.41) is 8.71. The molecular weight excluding hydrogens is 410 g/mol. The molecular formula is C25H35NO6. The second kappa shape index (κ2) is 13.7. The van der Waals surface area contributed by atoms with E-state index < -0.39 is 11.7 Å². The van der Waals surface area contributed by atoms with Crippen molar-refractivity contribution in [1.82, 2.24) is 4.90 Å². The fourth-order valence-corrected chi connectivity index (χ4v) is 2.82. The van der Waals surface area contributed by atoms with Crippen LogP contribution in [0.2, 0.25) is 0 Å². The Morgan fingerprint density at radius 2 is 1.59 bits per heavy atom. The Bertz CT molecular complexity index is 791. The Balaban J connectivity index is 1.93. The Hall–Kier alpha value is -2.61. The molecule has 0 heterocycles. The maximum Gasteiger partial charge on any atom is 0.410 e. The van der Waals surface area contributed by atoms with Crippen molar-refractivity contribution in [2.75, 3.05) is 39.6 Å². The van der Waals surface area contributed by atoms with Crippen LogP contribution in [0.1, 0.15) is 31.9 Å². The molecule has 0 bridgehead atoms. The van der Waals surface area contributed by atoms with Gasteiger partial charge in [-0.3, -0.25) is 0 Å². The molecule has 32 heavy (non-hydrogen) atoms. The minimum Gasteiger partial charge on any atom is -0.489 e. The summed E-state index contributed by atoms with van der Waals surface area (Å²) < 4.78 is 22.2. The van der Waals surface area contributed by atoms with E-state index >= 15 is 0 Å². The predicted molar refractivity (Wildman–Crippen MR) is 123 cm³/mol. The fourth-order valence-electron chi connectivity index (χ4n) is 2.82. The summed E-state index contributed by atoms with van der Waals surface area (Å²) >= 11 is 0. The van der Waals surface area contributed by atoms with Gasteiger partial charge in [0.1, 0.15) is 18.0 Å². The summed E-state index contributed by atoms with van der Waals surface area (Å²) in [5.41, 5.74) is 1.44. The van der Waals surface area contributed by atoms with Crippen LogP contribution in [0.3, 0.4) is 0 Å². The Morgan fingerprint density at radius 3 is 2.28 bits per heavy atom. The molecule has 0 aromatic heterocycles. The number of hydrogen-bond acceptors (Lipinski definition) is 6. The van der Waals surface area contributed by atoms with Crippen molar-refractivity contribution in [3.8, 4) is 5.75 Å². The lowest BCUT2D eigenvalue weighted by Crippen LogP contribution is -2.38. The van der Waals surface area contributed by atoms with E-state index in [1.807, 2.05) is 75.4 Å². The molecule has 176 valence electrons. The Kier molecular flexibility index (Phi) is 11.0. The highest BCUT2D eigenvalue weighted by molar-refractivity contribution is 5.68. The Labute approximate surface area is 190 Å². The first-order valence-corrected chi connectivity index (χ1v) is 10.9. The van der Waals surface area contributed by atoms with Gasteiger partial charge in [-0.1, -0.05) is 42.5 Å². The van der Waals surface area contributed by atoms with Gasteiger partial charge >= 0.3 is 6.09 Å². The first kappa shape index (κ1) is 25.6. The lowest BCUT2D eigenvalue weighted by Gasteiger charge is -2.27. The number of amides is 1. The third-order valence-electron chi connectivity index (χ3n) is 4.29. The molecule has 0 aliphatic rings. The van der Waals surface area contributed by atoms with Crippen LogP contribution in [-0.2, 0) is 27.4 Å². The fraction of sp³-hybridized carbons (Fsp3) is 0.480. The van der Waals surface area contributed by atoms with Gasteiger partial charge in [0.25, 0.3) is 0 Å². The number of aliphatic hydroxyl groups is 1. The second-order valence-electron chi connectivity index (χ2n) is 8.27. The molecule has 0 spiro atoms. The summed E-state index contributed by atoms with van der Waals surface area (Å²) in [5.74, 6) is 0.743. The zero-order valence-electron chi connectivity index (χ0n) is 19.3. The standard InChI is InChI=1S/C25H35NO6/c1-25(2,3)32-24(28)26(12-14-29-16-17-30-15-13-27)19-22-10-7-11-23(18-22)31-20-21-8-5-4-6-9-21/h4-11,18,27H,12-17,19-20H2,1-3H3. The number of carbonyl (C=O) groups is 1. The minimum absolute atomic E-state index is 0.0133. The van der Waals surface area contributed by atoms with Crippen LogP contribution in [0.4, 0.5) is 4.79 Å². The molecule has 0 atom stereocenters. The molecule has 0 aliphatic carbocycles. The average molecular weight is 446 g/mol. The molecule has 0 saturated carbocycles. The molecule has 2 aromatic rings. The lowest BCUT2D eigenvalue weighted by atomic mass is 10.2. The van der Waals surface area contributed by atoms with Gasteiger partial charge in [0.05, 0.1) is 33.0 Å². The third kappa shape index (κ3) is 10.6. The molecule has 7 heteroatoms. The molecule has 1 amide bonds. The van der Waals surface area contributed by atoms with Gasteiger partial charge < -0.3 is 29.0 Å². The van der Waals surface area contributed by atoms with Crippen LogP contribution in [0.15, 0.2) is 54.6 Å². The molecule has 0 unspecified atom stereocenters. The van der Waals surface area contributed by atoms with Gasteiger partial charge in [-0.2, -0.15) is 0 Å². The van der Waals surface area contributed by atoms with E-state index in [1.165, 1.54) is 0 Å². The molecule has 0 aliphatic heterocycles. The predicted octanol–water partition coefficient (Wildman–Crippen LogP) is 4.03. The third-order valence-corrected chi connectivity index (χ3v) is 4.29. The number of benzene rings is 2. The van der Waals surface area contributed by atoms with Crippen LogP contribution in [0, 0.1) is 0 Å². The molecule has 0 radical (unpaired) electrons. The number of carbonyl (C=O) groups excluding carboxylic acids is 1. The molecule has 2 aromatic carbocycles. The van der Waals surface area contributed by atoms with Crippen LogP contribution < -0.4 is 4.74 Å². The monoisotopic (exact) mass is 445 g/mol. The molecule has 0 saturated heterocycles. The van der Waals surface area contributed by atoms with Gasteiger partial charge in [0.2, 0.25) is 0 Å². The number of aliphatic hydroxyl groups excluding tert-OH is 1. The highest BCUT2D eigenvalue weighted by Gasteiger charge is 2.22. The van der Waals surface area contributed by atoms with Gasteiger partial charge in [0, 0.05) is 13.1 Å². The van der Waals surface area contributed by atoms with Crippen molar-refractivity contribution >= 4 is 6.09 Å². The maximum atomic E-state index is 12.7. The summed E-state index contributed by atoms with van der Waals surface area (Å²) in [6.07, 6.45) is -0.395. The zero-order valence-corrected chi connectivity index (χ0v) is 19.3. The first-order chi connectivity index (χ1) is 15.4. The van der Waals surface area contributed by atoms with E-state index in [4.69, 9.17) is 24.1 Å². The van der Waals surface area contributed by atoms with E-state index in [1.54, 1.807) is 4.90 Å². The van der Waals surface area contributed by atoms with Crippen LogP contribution in [0.5, 0.6) is 5.75 Å². The van der Waals surface area contributed by atoms with Crippen LogP contribution >= 0.6 is 0 Å². The minimum atomic E-state index is -0.588. The van der Waals surface area contributed by atoms with Gasteiger partial charge in [-0.05, 0) is 44.0 Å².